The number of hydrogen-bond donors (Lipinski definition) is 2. The van der Waals surface area contributed by atoms with Crippen molar-refractivity contribution in [2.45, 2.75) is 32.1 Å². The minimum atomic E-state index is -0.690. The van der Waals surface area contributed by atoms with Gasteiger partial charge in [0.1, 0.15) is 11.6 Å². The molecule has 1 saturated carbocycles. The Morgan fingerprint density at radius 3 is 2.64 bits per heavy atom. The van der Waals surface area contributed by atoms with Crippen LogP contribution in [0.25, 0.3) is 11.1 Å². The lowest BCUT2D eigenvalue weighted by molar-refractivity contribution is 0.0824. The maximum atomic E-state index is 15.1. The fourth-order valence-electron chi connectivity index (χ4n) is 3.61. The molecule has 2 aromatic rings. The molecule has 0 bridgehead atoms. The Bertz CT molecular complexity index is 866. The molecule has 0 saturated heterocycles. The molecule has 1 fully saturated rings. The predicted molar refractivity (Wildman–Crippen MR) is 112 cm³/mol. The summed E-state index contributed by atoms with van der Waals surface area (Å²) in [5.74, 6) is 0.139. The second kappa shape index (κ2) is 8.78. The summed E-state index contributed by atoms with van der Waals surface area (Å²) in [6, 6.07) is 4.73. The Morgan fingerprint density at radius 2 is 2.00 bits per heavy atom. The molecule has 0 atom stereocenters. The first-order chi connectivity index (χ1) is 13.4. The third-order valence-corrected chi connectivity index (χ3v) is 5.55. The van der Waals surface area contributed by atoms with E-state index in [4.69, 9.17) is 17.3 Å². The molecule has 1 aromatic carbocycles. The van der Waals surface area contributed by atoms with Crippen LogP contribution < -0.4 is 11.1 Å². The summed E-state index contributed by atoms with van der Waals surface area (Å²) in [7, 11) is 3.10. The number of anilines is 2. The fraction of sp³-hybridized carbons (Fsp3) is 0.429. The number of pyridine rings is 1. The van der Waals surface area contributed by atoms with Gasteiger partial charge in [-0.3, -0.25) is 4.79 Å². The molecular weight excluding hydrogens is 379 g/mol. The highest BCUT2D eigenvalue weighted by Gasteiger charge is 2.22. The van der Waals surface area contributed by atoms with E-state index in [0.717, 1.165) is 6.54 Å². The van der Waals surface area contributed by atoms with Crippen molar-refractivity contribution in [2.24, 2.45) is 5.92 Å². The summed E-state index contributed by atoms with van der Waals surface area (Å²) in [6.45, 7) is 0.861. The number of hydrogen-bond acceptors (Lipinski definition) is 4. The van der Waals surface area contributed by atoms with E-state index >= 15 is 4.39 Å². The molecule has 7 heteroatoms. The number of nitrogens with two attached hydrogens (primary N) is 1. The predicted octanol–water partition coefficient (Wildman–Crippen LogP) is 4.82. The average Bonchev–Trinajstić information content (AvgIpc) is 2.68. The van der Waals surface area contributed by atoms with E-state index in [9.17, 15) is 4.79 Å². The number of rotatable bonds is 5. The third-order valence-electron chi connectivity index (χ3n) is 5.23. The Balaban J connectivity index is 1.84. The van der Waals surface area contributed by atoms with Crippen molar-refractivity contribution >= 4 is 29.0 Å². The minimum absolute atomic E-state index is 0.0924. The van der Waals surface area contributed by atoms with Gasteiger partial charge in [-0.2, -0.15) is 0 Å². The van der Waals surface area contributed by atoms with Crippen LogP contribution in [0, 0.1) is 11.7 Å². The van der Waals surface area contributed by atoms with Gasteiger partial charge < -0.3 is 16.0 Å². The highest BCUT2D eigenvalue weighted by molar-refractivity contribution is 6.33. The summed E-state index contributed by atoms with van der Waals surface area (Å²) >= 11 is 6.42. The molecule has 1 amide bonds. The Kier molecular flexibility index (Phi) is 6.39. The number of halogens is 2. The lowest BCUT2D eigenvalue weighted by Gasteiger charge is -2.22. The van der Waals surface area contributed by atoms with Crippen molar-refractivity contribution in [3.05, 3.63) is 40.8 Å². The molecule has 0 aliphatic heterocycles. The van der Waals surface area contributed by atoms with E-state index in [-0.39, 0.29) is 16.8 Å². The molecular formula is C21H26ClFN4O. The molecule has 0 unspecified atom stereocenters. The summed E-state index contributed by atoms with van der Waals surface area (Å²) in [5, 5.41) is 3.70. The van der Waals surface area contributed by atoms with Crippen molar-refractivity contribution in [1.82, 2.24) is 9.88 Å². The Morgan fingerprint density at radius 1 is 1.29 bits per heavy atom. The van der Waals surface area contributed by atoms with Crippen LogP contribution >= 0.6 is 11.6 Å². The number of carbonyl (C=O) groups excluding carboxylic acids is 1. The summed E-state index contributed by atoms with van der Waals surface area (Å²) in [5.41, 5.74) is 6.40. The number of amides is 1. The maximum absolute atomic E-state index is 15.1. The van der Waals surface area contributed by atoms with Crippen molar-refractivity contribution in [3.63, 3.8) is 0 Å². The van der Waals surface area contributed by atoms with Crippen LogP contribution in [0.3, 0.4) is 0 Å². The standard InChI is InChI=1S/C21H26ClFN4O/c1-27(2)21(28)19-17(24)9-8-14(20(19)23)15-12-26-18(10-16(15)22)25-11-13-6-4-3-5-7-13/h8-10,12-13H,3-7,11,24H2,1-2H3,(H,25,26). The smallest absolute Gasteiger partial charge is 0.258 e. The largest absolute Gasteiger partial charge is 0.398 e. The zero-order valence-electron chi connectivity index (χ0n) is 16.3. The number of nitrogens with zero attached hydrogens (tertiary/aromatic N) is 2. The van der Waals surface area contributed by atoms with E-state index in [1.54, 1.807) is 20.2 Å². The first-order valence-corrected chi connectivity index (χ1v) is 9.95. The van der Waals surface area contributed by atoms with Crippen molar-refractivity contribution in [1.29, 1.82) is 0 Å². The molecule has 3 rings (SSSR count). The quantitative estimate of drug-likeness (QED) is 0.701. The van der Waals surface area contributed by atoms with Crippen LogP contribution in [0.1, 0.15) is 42.5 Å². The van der Waals surface area contributed by atoms with Crippen LogP contribution in [0.15, 0.2) is 24.4 Å². The molecule has 28 heavy (non-hydrogen) atoms. The SMILES string of the molecule is CN(C)C(=O)c1c(N)ccc(-c2cnc(NCC3CCCCC3)cc2Cl)c1F. The number of nitrogen functional groups attached to an aromatic ring is 1. The van der Waals surface area contributed by atoms with E-state index in [2.05, 4.69) is 10.3 Å². The molecule has 1 heterocycles. The highest BCUT2D eigenvalue weighted by atomic mass is 35.5. The zero-order chi connectivity index (χ0) is 20.3. The van der Waals surface area contributed by atoms with Gasteiger partial charge in [-0.25, -0.2) is 9.37 Å². The molecule has 1 aliphatic carbocycles. The maximum Gasteiger partial charge on any atom is 0.258 e. The van der Waals surface area contributed by atoms with Gasteiger partial charge in [0.05, 0.1) is 10.6 Å². The van der Waals surface area contributed by atoms with Crippen LogP contribution in [0.2, 0.25) is 5.02 Å². The topological polar surface area (TPSA) is 71.2 Å². The van der Waals surface area contributed by atoms with E-state index in [0.29, 0.717) is 22.3 Å². The monoisotopic (exact) mass is 404 g/mol. The van der Waals surface area contributed by atoms with Crippen LogP contribution in [-0.2, 0) is 0 Å². The molecule has 1 aliphatic rings. The lowest BCUT2D eigenvalue weighted by atomic mass is 9.89. The number of aromatic nitrogens is 1. The average molecular weight is 405 g/mol. The van der Waals surface area contributed by atoms with Gasteiger partial charge in [-0.1, -0.05) is 30.9 Å². The van der Waals surface area contributed by atoms with Gasteiger partial charge in [0.2, 0.25) is 0 Å². The second-order valence-electron chi connectivity index (χ2n) is 7.53. The van der Waals surface area contributed by atoms with E-state index in [1.165, 1.54) is 55.3 Å². The Labute approximate surface area is 170 Å². The molecule has 3 N–H and O–H groups in total. The number of nitrogens with one attached hydrogen (secondary N) is 1. The molecule has 150 valence electrons. The molecule has 5 nitrogen and oxygen atoms in total. The number of benzene rings is 1. The van der Waals surface area contributed by atoms with Crippen molar-refractivity contribution < 1.29 is 9.18 Å². The molecule has 0 radical (unpaired) electrons. The van der Waals surface area contributed by atoms with Crippen molar-refractivity contribution in [2.75, 3.05) is 31.7 Å². The van der Waals surface area contributed by atoms with Gasteiger partial charge in [0, 0.05) is 43.7 Å². The van der Waals surface area contributed by atoms with E-state index < -0.39 is 11.7 Å². The van der Waals surface area contributed by atoms with Crippen molar-refractivity contribution in [3.8, 4) is 11.1 Å². The normalized spacial score (nSPS) is 14.7. The lowest BCUT2D eigenvalue weighted by Crippen LogP contribution is -2.24. The van der Waals surface area contributed by atoms with E-state index in [1.807, 2.05) is 0 Å². The summed E-state index contributed by atoms with van der Waals surface area (Å²) < 4.78 is 15.1. The van der Waals surface area contributed by atoms with Crippen LogP contribution in [0.5, 0.6) is 0 Å². The minimum Gasteiger partial charge on any atom is -0.398 e. The second-order valence-corrected chi connectivity index (χ2v) is 7.93. The first-order valence-electron chi connectivity index (χ1n) is 9.58. The van der Waals surface area contributed by atoms with Gasteiger partial charge >= 0.3 is 0 Å². The summed E-state index contributed by atoms with van der Waals surface area (Å²) in [6.07, 6.45) is 7.88. The van der Waals surface area contributed by atoms with Gasteiger partial charge in [0.15, 0.2) is 0 Å². The zero-order valence-corrected chi connectivity index (χ0v) is 17.0. The first kappa shape index (κ1) is 20.4. The Hall–Kier alpha value is -2.34. The highest BCUT2D eigenvalue weighted by Crippen LogP contribution is 2.34. The molecule has 0 spiro atoms. The van der Waals surface area contributed by atoms with Gasteiger partial charge in [-0.05, 0) is 37.0 Å². The van der Waals surface area contributed by atoms with Gasteiger partial charge in [-0.15, -0.1) is 0 Å². The van der Waals surface area contributed by atoms with Crippen LogP contribution in [-0.4, -0.2) is 36.4 Å². The van der Waals surface area contributed by atoms with Gasteiger partial charge in [0.25, 0.3) is 5.91 Å². The summed E-state index contributed by atoms with van der Waals surface area (Å²) in [4.78, 5) is 18.0. The fourth-order valence-corrected chi connectivity index (χ4v) is 3.86. The molecule has 1 aromatic heterocycles. The van der Waals surface area contributed by atoms with Crippen LogP contribution in [0.4, 0.5) is 15.9 Å². The number of carbonyl (C=O) groups is 1. The third kappa shape index (κ3) is 4.38.